The number of anilines is 1. The SMILES string of the molecule is Fc1ccc(F)c([C@H]2CCCN2c2ccn3ncc(-c4nnc(-c5cn[nH]c5)s4)c3n2)c1. The monoisotopic (exact) mass is 450 g/mol. The van der Waals surface area contributed by atoms with E-state index in [1.807, 2.05) is 17.2 Å². The molecule has 32 heavy (non-hydrogen) atoms. The maximum atomic E-state index is 14.5. The van der Waals surface area contributed by atoms with Crippen LogP contribution in [0.25, 0.3) is 26.8 Å². The van der Waals surface area contributed by atoms with Gasteiger partial charge in [0.05, 0.1) is 29.6 Å². The molecule has 6 rings (SSSR count). The summed E-state index contributed by atoms with van der Waals surface area (Å²) < 4.78 is 30.0. The van der Waals surface area contributed by atoms with E-state index in [4.69, 9.17) is 4.98 Å². The van der Waals surface area contributed by atoms with Crippen LogP contribution in [0.3, 0.4) is 0 Å². The third-order valence-electron chi connectivity index (χ3n) is 5.62. The molecular formula is C21H16F2N8S. The minimum Gasteiger partial charge on any atom is -0.349 e. The molecule has 4 aromatic heterocycles. The molecule has 1 aromatic carbocycles. The van der Waals surface area contributed by atoms with Crippen molar-refractivity contribution in [3.63, 3.8) is 0 Å². The molecule has 0 radical (unpaired) electrons. The molecule has 1 aliphatic heterocycles. The van der Waals surface area contributed by atoms with Crippen molar-refractivity contribution in [3.05, 3.63) is 66.3 Å². The Balaban J connectivity index is 1.39. The molecule has 8 nitrogen and oxygen atoms in total. The number of nitrogens with one attached hydrogen (secondary N) is 1. The maximum absolute atomic E-state index is 14.5. The summed E-state index contributed by atoms with van der Waals surface area (Å²) in [5.74, 6) is -0.167. The third kappa shape index (κ3) is 3.12. The third-order valence-corrected chi connectivity index (χ3v) is 6.62. The van der Waals surface area contributed by atoms with Crippen molar-refractivity contribution in [1.82, 2.24) is 35.0 Å². The molecule has 0 unspecified atom stereocenters. The average molecular weight is 450 g/mol. The van der Waals surface area contributed by atoms with Gasteiger partial charge in [-0.2, -0.15) is 10.2 Å². The van der Waals surface area contributed by atoms with Gasteiger partial charge in [0.1, 0.15) is 17.5 Å². The number of aromatic nitrogens is 7. The van der Waals surface area contributed by atoms with Crippen molar-refractivity contribution in [2.24, 2.45) is 0 Å². The van der Waals surface area contributed by atoms with Gasteiger partial charge < -0.3 is 4.90 Å². The van der Waals surface area contributed by atoms with Crippen LogP contribution < -0.4 is 4.90 Å². The van der Waals surface area contributed by atoms with E-state index in [-0.39, 0.29) is 6.04 Å². The standard InChI is InChI=1S/C21H16F2N8S/c22-13-3-4-16(23)14(8-13)17-2-1-6-30(17)18-5-7-31-19(27-18)15(11-26-31)21-29-28-20(32-21)12-9-24-25-10-12/h3-5,7-11,17H,1-2,6H2,(H,24,25)/t17-/m1/s1. The van der Waals surface area contributed by atoms with Gasteiger partial charge in [0, 0.05) is 24.5 Å². The van der Waals surface area contributed by atoms with Gasteiger partial charge in [0.25, 0.3) is 0 Å². The van der Waals surface area contributed by atoms with E-state index in [1.54, 1.807) is 23.1 Å². The van der Waals surface area contributed by atoms with E-state index in [2.05, 4.69) is 25.5 Å². The number of halogens is 2. The molecule has 1 saturated heterocycles. The number of nitrogens with zero attached hydrogens (tertiary/aromatic N) is 7. The number of rotatable bonds is 4. The number of hydrogen-bond donors (Lipinski definition) is 1. The Morgan fingerprint density at radius 3 is 2.88 bits per heavy atom. The van der Waals surface area contributed by atoms with Crippen LogP contribution in [0.2, 0.25) is 0 Å². The van der Waals surface area contributed by atoms with Crippen LogP contribution in [-0.2, 0) is 0 Å². The van der Waals surface area contributed by atoms with E-state index < -0.39 is 11.6 Å². The summed E-state index contributed by atoms with van der Waals surface area (Å²) in [4.78, 5) is 6.84. The lowest BCUT2D eigenvalue weighted by Gasteiger charge is -2.26. The van der Waals surface area contributed by atoms with Crippen LogP contribution in [0.15, 0.2) is 49.1 Å². The van der Waals surface area contributed by atoms with Crippen LogP contribution in [0.1, 0.15) is 24.4 Å². The van der Waals surface area contributed by atoms with Crippen molar-refractivity contribution < 1.29 is 8.78 Å². The second-order valence-corrected chi connectivity index (χ2v) is 8.51. The molecule has 0 aliphatic carbocycles. The zero-order valence-electron chi connectivity index (χ0n) is 16.6. The lowest BCUT2D eigenvalue weighted by atomic mass is 10.0. The fraction of sp³-hybridized carbons (Fsp3) is 0.190. The van der Waals surface area contributed by atoms with Crippen LogP contribution in [0.5, 0.6) is 0 Å². The Morgan fingerprint density at radius 1 is 1.09 bits per heavy atom. The normalized spacial score (nSPS) is 16.3. The number of benzene rings is 1. The van der Waals surface area contributed by atoms with E-state index in [1.165, 1.54) is 23.5 Å². The Morgan fingerprint density at radius 2 is 2.00 bits per heavy atom. The Hall–Kier alpha value is -3.73. The Labute approximate surface area is 184 Å². The highest BCUT2D eigenvalue weighted by atomic mass is 32.1. The van der Waals surface area contributed by atoms with Crippen molar-refractivity contribution in [1.29, 1.82) is 0 Å². The van der Waals surface area contributed by atoms with Crippen molar-refractivity contribution >= 4 is 22.8 Å². The molecule has 0 saturated carbocycles. The predicted octanol–water partition coefficient (Wildman–Crippen LogP) is 4.26. The van der Waals surface area contributed by atoms with Crippen LogP contribution in [0.4, 0.5) is 14.6 Å². The number of aromatic amines is 1. The minimum atomic E-state index is -0.445. The summed E-state index contributed by atoms with van der Waals surface area (Å²) in [7, 11) is 0. The molecule has 160 valence electrons. The summed E-state index contributed by atoms with van der Waals surface area (Å²) >= 11 is 1.42. The lowest BCUT2D eigenvalue weighted by molar-refractivity contribution is 0.560. The molecule has 0 amide bonds. The predicted molar refractivity (Wildman–Crippen MR) is 115 cm³/mol. The molecular weight excluding hydrogens is 434 g/mol. The molecule has 1 atom stereocenters. The fourth-order valence-corrected chi connectivity index (χ4v) is 4.95. The first-order valence-electron chi connectivity index (χ1n) is 10.1. The lowest BCUT2D eigenvalue weighted by Crippen LogP contribution is -2.24. The average Bonchev–Trinajstić information content (AvgIpc) is 3.60. The van der Waals surface area contributed by atoms with Gasteiger partial charge >= 0.3 is 0 Å². The summed E-state index contributed by atoms with van der Waals surface area (Å²) in [5, 5.41) is 21.1. The summed E-state index contributed by atoms with van der Waals surface area (Å²) in [6.07, 6.45) is 8.56. The second-order valence-electron chi connectivity index (χ2n) is 7.53. The highest BCUT2D eigenvalue weighted by Gasteiger charge is 2.30. The molecule has 1 fully saturated rings. The largest absolute Gasteiger partial charge is 0.349 e. The van der Waals surface area contributed by atoms with Gasteiger partial charge in [-0.1, -0.05) is 11.3 Å². The van der Waals surface area contributed by atoms with Gasteiger partial charge in [0.15, 0.2) is 15.7 Å². The summed E-state index contributed by atoms with van der Waals surface area (Å²) in [6, 6.07) is 5.16. The van der Waals surface area contributed by atoms with Crippen molar-refractivity contribution in [2.45, 2.75) is 18.9 Å². The fourth-order valence-electron chi connectivity index (χ4n) is 4.12. The maximum Gasteiger partial charge on any atom is 0.167 e. The summed E-state index contributed by atoms with van der Waals surface area (Å²) in [5.41, 5.74) is 2.59. The van der Waals surface area contributed by atoms with Crippen LogP contribution >= 0.6 is 11.3 Å². The second kappa shape index (κ2) is 7.45. The number of hydrogen-bond acceptors (Lipinski definition) is 7. The molecule has 5 heterocycles. The van der Waals surface area contributed by atoms with Gasteiger partial charge in [-0.05, 0) is 37.1 Å². The molecule has 1 aliphatic rings. The van der Waals surface area contributed by atoms with Crippen molar-refractivity contribution in [2.75, 3.05) is 11.4 Å². The van der Waals surface area contributed by atoms with E-state index in [0.29, 0.717) is 28.6 Å². The van der Waals surface area contributed by atoms with Gasteiger partial charge in [-0.15, -0.1) is 10.2 Å². The number of H-pyrrole nitrogens is 1. The van der Waals surface area contributed by atoms with Gasteiger partial charge in [0.2, 0.25) is 0 Å². The van der Waals surface area contributed by atoms with E-state index in [9.17, 15) is 8.78 Å². The summed E-state index contributed by atoms with van der Waals surface area (Å²) in [6.45, 7) is 0.705. The highest BCUT2D eigenvalue weighted by Crippen LogP contribution is 2.38. The molecule has 11 heteroatoms. The van der Waals surface area contributed by atoms with E-state index >= 15 is 0 Å². The molecule has 0 spiro atoms. The molecule has 0 bridgehead atoms. The number of fused-ring (bicyclic) bond motifs is 1. The van der Waals surface area contributed by atoms with E-state index in [0.717, 1.165) is 35.0 Å². The first-order valence-corrected chi connectivity index (χ1v) is 10.9. The minimum absolute atomic E-state index is 0.277. The van der Waals surface area contributed by atoms with Gasteiger partial charge in [-0.3, -0.25) is 5.10 Å². The zero-order chi connectivity index (χ0) is 21.7. The van der Waals surface area contributed by atoms with Gasteiger partial charge in [-0.25, -0.2) is 18.3 Å². The first kappa shape index (κ1) is 19.0. The first-order chi connectivity index (χ1) is 15.7. The Kier molecular flexibility index (Phi) is 4.42. The molecule has 5 aromatic rings. The zero-order valence-corrected chi connectivity index (χ0v) is 17.4. The Bertz CT molecular complexity index is 1410. The molecule has 1 N–H and O–H groups in total. The van der Waals surface area contributed by atoms with Crippen molar-refractivity contribution in [3.8, 4) is 21.1 Å². The van der Waals surface area contributed by atoms with Crippen LogP contribution in [-0.4, -0.2) is 41.5 Å². The van der Waals surface area contributed by atoms with Crippen LogP contribution in [0, 0.1) is 11.6 Å². The smallest absolute Gasteiger partial charge is 0.167 e. The topological polar surface area (TPSA) is 87.9 Å². The quantitative estimate of drug-likeness (QED) is 0.440. The highest BCUT2D eigenvalue weighted by molar-refractivity contribution is 7.18.